The molecule has 0 bridgehead atoms. The summed E-state index contributed by atoms with van der Waals surface area (Å²) in [5.41, 5.74) is 6.56. The van der Waals surface area contributed by atoms with Crippen LogP contribution in [0.2, 0.25) is 0 Å². The molecule has 1 N–H and O–H groups in total. The summed E-state index contributed by atoms with van der Waals surface area (Å²) in [4.78, 5) is 5.77. The van der Waals surface area contributed by atoms with E-state index in [1.54, 1.807) is 0 Å². The summed E-state index contributed by atoms with van der Waals surface area (Å²) in [5, 5.41) is 8.00. The minimum atomic E-state index is -0.313. The van der Waals surface area contributed by atoms with E-state index in [0.29, 0.717) is 6.04 Å². The molecule has 0 fully saturated rings. The predicted octanol–water partition coefficient (Wildman–Crippen LogP) is 6.03. The minimum absolute atomic E-state index is 0.313. The molecule has 2 aromatic carbocycles. The van der Waals surface area contributed by atoms with E-state index in [2.05, 4.69) is 78.9 Å². The number of fused-ring (bicyclic) bond motifs is 3. The number of unbranched alkanes of at least 4 members (excludes halogenated alkanes) is 1. The average molecular weight is 377 g/mol. The molecule has 148 valence electrons. The summed E-state index contributed by atoms with van der Waals surface area (Å²) in [6.45, 7) is 11.5. The number of rotatable bonds is 7. The first-order valence-electron chi connectivity index (χ1n) is 10.3. The Labute approximate surface area is 169 Å². The molecule has 3 heteroatoms. The minimum Gasteiger partial charge on any atom is -0.390 e. The number of hydrogen-bond donors (Lipinski definition) is 1. The highest BCUT2D eigenvalue weighted by Crippen LogP contribution is 2.37. The number of hydrogen-bond acceptors (Lipinski definition) is 3. The van der Waals surface area contributed by atoms with Crippen LogP contribution in [0.5, 0.6) is 0 Å². The van der Waals surface area contributed by atoms with E-state index in [0.717, 1.165) is 36.2 Å². The second-order valence-electron chi connectivity index (χ2n) is 8.65. The van der Waals surface area contributed by atoms with Crippen molar-refractivity contribution in [2.24, 2.45) is 5.16 Å². The highest BCUT2D eigenvalue weighted by atomic mass is 16.6. The first kappa shape index (κ1) is 20.3. The van der Waals surface area contributed by atoms with Gasteiger partial charge in [-0.15, -0.1) is 0 Å². The van der Waals surface area contributed by atoms with Gasteiger partial charge in [0.05, 0.1) is 0 Å². The van der Waals surface area contributed by atoms with Crippen LogP contribution in [0.4, 0.5) is 0 Å². The summed E-state index contributed by atoms with van der Waals surface area (Å²) in [6, 6.07) is 15.6. The number of allylic oxidation sites excluding steroid dienone is 1. The summed E-state index contributed by atoms with van der Waals surface area (Å²) >= 11 is 0. The molecule has 3 rings (SSSR count). The molecule has 0 amide bonds. The number of nitrogens with zero attached hydrogens (tertiary/aromatic N) is 1. The van der Waals surface area contributed by atoms with Gasteiger partial charge in [0.25, 0.3) is 0 Å². The molecule has 28 heavy (non-hydrogen) atoms. The topological polar surface area (TPSA) is 33.6 Å². The van der Waals surface area contributed by atoms with Gasteiger partial charge in [-0.2, -0.15) is 0 Å². The van der Waals surface area contributed by atoms with Crippen molar-refractivity contribution in [2.45, 2.75) is 59.1 Å². The van der Waals surface area contributed by atoms with Gasteiger partial charge in [0, 0.05) is 17.2 Å². The lowest BCUT2D eigenvalue weighted by molar-refractivity contribution is 0.00121. The monoisotopic (exact) mass is 376 g/mol. The summed E-state index contributed by atoms with van der Waals surface area (Å²) in [5.74, 6) is 0. The summed E-state index contributed by atoms with van der Waals surface area (Å²) in [6.07, 6.45) is 6.69. The molecule has 0 saturated carbocycles. The first-order valence-corrected chi connectivity index (χ1v) is 10.3. The zero-order chi connectivity index (χ0) is 20.1. The maximum absolute atomic E-state index is 5.77. The fourth-order valence-corrected chi connectivity index (χ4v) is 3.28. The van der Waals surface area contributed by atoms with E-state index in [4.69, 9.17) is 4.84 Å². The quantitative estimate of drug-likeness (QED) is 0.404. The Kier molecular flexibility index (Phi) is 6.35. The van der Waals surface area contributed by atoms with Gasteiger partial charge < -0.3 is 10.2 Å². The third-order valence-corrected chi connectivity index (χ3v) is 4.59. The van der Waals surface area contributed by atoms with Crippen LogP contribution in [0.25, 0.3) is 17.2 Å². The van der Waals surface area contributed by atoms with Gasteiger partial charge in [-0.3, -0.25) is 0 Å². The van der Waals surface area contributed by atoms with Crippen LogP contribution in [-0.4, -0.2) is 23.9 Å². The second-order valence-corrected chi connectivity index (χ2v) is 8.65. The van der Waals surface area contributed by atoms with Gasteiger partial charge in [-0.1, -0.05) is 67.6 Å². The third kappa shape index (κ3) is 5.11. The van der Waals surface area contributed by atoms with Gasteiger partial charge in [0.15, 0.2) is 0 Å². The Hall–Kier alpha value is -2.39. The van der Waals surface area contributed by atoms with Crippen LogP contribution in [0, 0.1) is 0 Å². The van der Waals surface area contributed by atoms with E-state index >= 15 is 0 Å². The molecular formula is C25H32N2O. The molecule has 3 nitrogen and oxygen atoms in total. The smallest absolute Gasteiger partial charge is 0.129 e. The molecule has 0 heterocycles. The van der Waals surface area contributed by atoms with E-state index in [1.807, 2.05) is 20.8 Å². The zero-order valence-corrected chi connectivity index (χ0v) is 17.8. The highest BCUT2D eigenvalue weighted by molar-refractivity contribution is 6.24. The zero-order valence-electron chi connectivity index (χ0n) is 17.8. The Morgan fingerprint density at radius 3 is 2.43 bits per heavy atom. The van der Waals surface area contributed by atoms with Crippen molar-refractivity contribution in [2.75, 3.05) is 6.54 Å². The summed E-state index contributed by atoms with van der Waals surface area (Å²) in [7, 11) is 0. The molecular weight excluding hydrogens is 344 g/mol. The molecule has 0 saturated heterocycles. The van der Waals surface area contributed by atoms with Gasteiger partial charge in [-0.05, 0) is 62.9 Å². The molecule has 1 aliphatic rings. The molecule has 0 spiro atoms. The van der Waals surface area contributed by atoms with Gasteiger partial charge >= 0.3 is 0 Å². The Balaban J connectivity index is 1.80. The van der Waals surface area contributed by atoms with Crippen molar-refractivity contribution in [3.8, 4) is 11.1 Å². The predicted molar refractivity (Wildman–Crippen MR) is 120 cm³/mol. The molecule has 0 unspecified atom stereocenters. The lowest BCUT2D eigenvalue weighted by Gasteiger charge is -2.16. The van der Waals surface area contributed by atoms with E-state index in [-0.39, 0.29) is 5.60 Å². The van der Waals surface area contributed by atoms with Gasteiger partial charge in [0.2, 0.25) is 0 Å². The van der Waals surface area contributed by atoms with Crippen molar-refractivity contribution in [3.05, 3.63) is 65.2 Å². The number of nitrogens with one attached hydrogen (secondary N) is 1. The van der Waals surface area contributed by atoms with E-state index in [9.17, 15) is 0 Å². The van der Waals surface area contributed by atoms with Crippen LogP contribution in [0.1, 0.15) is 64.2 Å². The standard InChI is InChI=1S/C25H32N2O/c1-18(2)26-16-10-6-7-11-19-14-15-21-20-12-8-9-13-22(20)24(23(21)17-19)27-28-25(3,4)5/h7-9,11-15,17-18,26H,6,10,16H2,1-5H3/b11-7+,27-24+. The van der Waals surface area contributed by atoms with E-state index in [1.165, 1.54) is 16.7 Å². The van der Waals surface area contributed by atoms with Crippen molar-refractivity contribution >= 4 is 11.8 Å². The molecule has 1 aliphatic carbocycles. The third-order valence-electron chi connectivity index (χ3n) is 4.59. The maximum atomic E-state index is 5.77. The Morgan fingerprint density at radius 2 is 1.71 bits per heavy atom. The molecule has 0 radical (unpaired) electrons. The SMILES string of the molecule is CC(C)NCCC/C=C/c1ccc2c(c1)/C(=N/OC(C)(C)C)c1ccccc1-2. The number of oxime groups is 1. The van der Waals surface area contributed by atoms with E-state index < -0.39 is 0 Å². The molecule has 0 aromatic heterocycles. The van der Waals surface area contributed by atoms with Crippen LogP contribution in [0.15, 0.2) is 53.7 Å². The summed E-state index contributed by atoms with van der Waals surface area (Å²) < 4.78 is 0. The van der Waals surface area contributed by atoms with Crippen molar-refractivity contribution in [1.29, 1.82) is 0 Å². The first-order chi connectivity index (χ1) is 13.3. The maximum Gasteiger partial charge on any atom is 0.129 e. The largest absolute Gasteiger partial charge is 0.390 e. The average Bonchev–Trinajstić information content (AvgIpc) is 2.95. The van der Waals surface area contributed by atoms with Crippen LogP contribution < -0.4 is 5.32 Å². The highest BCUT2D eigenvalue weighted by Gasteiger charge is 2.26. The fourth-order valence-electron chi connectivity index (χ4n) is 3.28. The normalized spacial score (nSPS) is 14.7. The fraction of sp³-hybridized carbons (Fsp3) is 0.400. The Morgan fingerprint density at radius 1 is 1.00 bits per heavy atom. The van der Waals surface area contributed by atoms with Crippen LogP contribution in [0.3, 0.4) is 0 Å². The van der Waals surface area contributed by atoms with Crippen molar-refractivity contribution in [3.63, 3.8) is 0 Å². The van der Waals surface area contributed by atoms with Crippen LogP contribution >= 0.6 is 0 Å². The lowest BCUT2D eigenvalue weighted by atomic mass is 10.0. The van der Waals surface area contributed by atoms with Crippen molar-refractivity contribution < 1.29 is 4.84 Å². The molecule has 0 aliphatic heterocycles. The van der Waals surface area contributed by atoms with Crippen LogP contribution in [-0.2, 0) is 4.84 Å². The van der Waals surface area contributed by atoms with Gasteiger partial charge in [-0.25, -0.2) is 0 Å². The second kappa shape index (κ2) is 8.74. The van der Waals surface area contributed by atoms with Gasteiger partial charge in [0.1, 0.15) is 11.3 Å². The van der Waals surface area contributed by atoms with Crippen molar-refractivity contribution in [1.82, 2.24) is 5.32 Å². The Bertz CT molecular complexity index is 872. The lowest BCUT2D eigenvalue weighted by Crippen LogP contribution is -2.23. The molecule has 0 atom stereocenters. The number of benzene rings is 2. The molecule has 2 aromatic rings.